The van der Waals surface area contributed by atoms with E-state index < -0.39 is 0 Å². The molecule has 0 saturated carbocycles. The number of amides is 3. The molecule has 0 saturated heterocycles. The van der Waals surface area contributed by atoms with Gasteiger partial charge in [-0.2, -0.15) is 0 Å². The molecule has 1 aliphatic heterocycles. The normalized spacial score (nSPS) is 13.8. The number of carbonyl (C=O) groups is 3. The van der Waals surface area contributed by atoms with Crippen LogP contribution in [0.25, 0.3) is 0 Å². The smallest absolute Gasteiger partial charge is 0.261 e. The molecule has 6 nitrogen and oxygen atoms in total. The van der Waals surface area contributed by atoms with Crippen molar-refractivity contribution < 1.29 is 14.4 Å². The highest BCUT2D eigenvalue weighted by atomic mass is 16.2. The van der Waals surface area contributed by atoms with Gasteiger partial charge < -0.3 is 0 Å². The van der Waals surface area contributed by atoms with Gasteiger partial charge in [-0.1, -0.05) is 12.1 Å². The number of nitrogens with zero attached hydrogens (tertiary/aromatic N) is 2. The summed E-state index contributed by atoms with van der Waals surface area (Å²) in [6.45, 7) is 0.219. The third-order valence-electron chi connectivity index (χ3n) is 2.60. The first-order valence-electron chi connectivity index (χ1n) is 5.07. The second kappa shape index (κ2) is 4.34. The Labute approximate surface area is 97.6 Å². The van der Waals surface area contributed by atoms with Gasteiger partial charge in [0.05, 0.1) is 17.7 Å². The zero-order valence-corrected chi connectivity index (χ0v) is 9.00. The van der Waals surface area contributed by atoms with E-state index in [9.17, 15) is 14.4 Å². The molecule has 1 aliphatic rings. The van der Waals surface area contributed by atoms with E-state index in [0.29, 0.717) is 17.5 Å². The molecule has 0 aliphatic carbocycles. The third-order valence-corrected chi connectivity index (χ3v) is 2.60. The lowest BCUT2D eigenvalue weighted by Gasteiger charge is -2.16. The number of hydrazine groups is 1. The molecule has 0 aromatic heterocycles. The SMILES string of the molecule is NN(C=O)CCN1C(=O)c2ccccc2C1=O. The Morgan fingerprint density at radius 1 is 1.18 bits per heavy atom. The Balaban J connectivity index is 2.16. The highest BCUT2D eigenvalue weighted by Gasteiger charge is 2.34. The van der Waals surface area contributed by atoms with Crippen LogP contribution >= 0.6 is 0 Å². The summed E-state index contributed by atoms with van der Waals surface area (Å²) in [5, 5.41) is 0.892. The molecule has 1 aromatic carbocycles. The maximum absolute atomic E-state index is 11.9. The molecule has 0 unspecified atom stereocenters. The molecule has 17 heavy (non-hydrogen) atoms. The molecule has 3 amide bonds. The van der Waals surface area contributed by atoms with Gasteiger partial charge in [0.1, 0.15) is 0 Å². The fraction of sp³-hybridized carbons (Fsp3) is 0.182. The second-order valence-electron chi connectivity index (χ2n) is 3.65. The van der Waals surface area contributed by atoms with Gasteiger partial charge in [-0.15, -0.1) is 0 Å². The summed E-state index contributed by atoms with van der Waals surface area (Å²) >= 11 is 0. The summed E-state index contributed by atoms with van der Waals surface area (Å²) in [5.41, 5.74) is 0.791. The van der Waals surface area contributed by atoms with E-state index in [1.54, 1.807) is 24.3 Å². The van der Waals surface area contributed by atoms with Crippen LogP contribution in [0.5, 0.6) is 0 Å². The molecule has 0 fully saturated rings. The Bertz CT molecular complexity index is 452. The lowest BCUT2D eigenvalue weighted by Crippen LogP contribution is -2.40. The summed E-state index contributed by atoms with van der Waals surface area (Å²) in [7, 11) is 0. The minimum absolute atomic E-state index is 0.0988. The average Bonchev–Trinajstić information content (AvgIpc) is 2.60. The fourth-order valence-electron chi connectivity index (χ4n) is 1.71. The van der Waals surface area contributed by atoms with Crippen LogP contribution in [-0.4, -0.2) is 41.2 Å². The highest BCUT2D eigenvalue weighted by molar-refractivity contribution is 6.21. The number of hydrogen-bond donors (Lipinski definition) is 1. The minimum atomic E-state index is -0.343. The third kappa shape index (κ3) is 1.90. The lowest BCUT2D eigenvalue weighted by molar-refractivity contribution is -0.118. The van der Waals surface area contributed by atoms with E-state index >= 15 is 0 Å². The Morgan fingerprint density at radius 3 is 2.18 bits per heavy atom. The van der Waals surface area contributed by atoms with Gasteiger partial charge in [-0.05, 0) is 12.1 Å². The Hall–Kier alpha value is -2.21. The average molecular weight is 233 g/mol. The predicted octanol–water partition coefficient (Wildman–Crippen LogP) is -0.385. The number of hydrogen-bond acceptors (Lipinski definition) is 4. The Morgan fingerprint density at radius 2 is 1.71 bits per heavy atom. The Kier molecular flexibility index (Phi) is 2.88. The van der Waals surface area contributed by atoms with Crippen LogP contribution in [0.2, 0.25) is 0 Å². The quantitative estimate of drug-likeness (QED) is 0.252. The molecule has 6 heteroatoms. The van der Waals surface area contributed by atoms with E-state index in [1.807, 2.05) is 0 Å². The summed E-state index contributed by atoms with van der Waals surface area (Å²) < 4.78 is 0. The van der Waals surface area contributed by atoms with Crippen LogP contribution in [-0.2, 0) is 4.79 Å². The van der Waals surface area contributed by atoms with Gasteiger partial charge in [0.25, 0.3) is 11.8 Å². The van der Waals surface area contributed by atoms with Gasteiger partial charge in [-0.3, -0.25) is 24.3 Å². The van der Waals surface area contributed by atoms with Crippen LogP contribution in [0.1, 0.15) is 20.7 Å². The van der Waals surface area contributed by atoms with Crippen molar-refractivity contribution in [1.82, 2.24) is 9.91 Å². The summed E-state index contributed by atoms with van der Waals surface area (Å²) in [6, 6.07) is 6.62. The van der Waals surface area contributed by atoms with Crippen molar-refractivity contribution in [3.05, 3.63) is 35.4 Å². The molecule has 0 atom stereocenters. The number of fused-ring (bicyclic) bond motifs is 1. The molecule has 88 valence electrons. The highest BCUT2D eigenvalue weighted by Crippen LogP contribution is 2.21. The van der Waals surface area contributed by atoms with Crippen molar-refractivity contribution in [2.75, 3.05) is 13.1 Å². The predicted molar refractivity (Wildman–Crippen MR) is 58.8 cm³/mol. The summed E-state index contributed by atoms with van der Waals surface area (Å²) in [4.78, 5) is 35.1. The first-order chi connectivity index (χ1) is 8.15. The minimum Gasteiger partial charge on any atom is -0.282 e. The monoisotopic (exact) mass is 233 g/mol. The van der Waals surface area contributed by atoms with Crippen molar-refractivity contribution in [2.24, 2.45) is 5.84 Å². The number of imide groups is 1. The standard InChI is InChI=1S/C11H11N3O3/c12-13(7-15)5-6-14-10(16)8-3-1-2-4-9(8)11(14)17/h1-4,7H,5-6,12H2. The largest absolute Gasteiger partial charge is 0.282 e. The van der Waals surface area contributed by atoms with Gasteiger partial charge in [0.2, 0.25) is 6.41 Å². The first kappa shape index (κ1) is 11.3. The second-order valence-corrected chi connectivity index (χ2v) is 3.65. The van der Waals surface area contributed by atoms with Crippen molar-refractivity contribution in [1.29, 1.82) is 0 Å². The molecular weight excluding hydrogens is 222 g/mol. The van der Waals surface area contributed by atoms with Crippen molar-refractivity contribution in [3.8, 4) is 0 Å². The van der Waals surface area contributed by atoms with Gasteiger partial charge in [-0.25, -0.2) is 5.84 Å². The molecule has 2 rings (SSSR count). The summed E-state index contributed by atoms with van der Waals surface area (Å²) in [5.74, 6) is 4.58. The van der Waals surface area contributed by atoms with E-state index in [1.165, 1.54) is 0 Å². The van der Waals surface area contributed by atoms with Crippen LogP contribution < -0.4 is 5.84 Å². The van der Waals surface area contributed by atoms with E-state index in [2.05, 4.69) is 0 Å². The molecular formula is C11H11N3O3. The number of nitrogens with two attached hydrogens (primary N) is 1. The van der Waals surface area contributed by atoms with Crippen LogP contribution in [0, 0.1) is 0 Å². The van der Waals surface area contributed by atoms with E-state index in [0.717, 1.165) is 9.91 Å². The lowest BCUT2D eigenvalue weighted by atomic mass is 10.1. The van der Waals surface area contributed by atoms with Crippen LogP contribution in [0.15, 0.2) is 24.3 Å². The number of benzene rings is 1. The molecule has 1 aromatic rings. The number of carbonyl (C=O) groups excluding carboxylic acids is 3. The zero-order valence-electron chi connectivity index (χ0n) is 9.00. The summed E-state index contributed by atoms with van der Waals surface area (Å²) in [6.07, 6.45) is 0.443. The van der Waals surface area contributed by atoms with Gasteiger partial charge in [0, 0.05) is 6.54 Å². The van der Waals surface area contributed by atoms with Gasteiger partial charge in [0.15, 0.2) is 0 Å². The number of rotatable bonds is 4. The van der Waals surface area contributed by atoms with Crippen molar-refractivity contribution in [2.45, 2.75) is 0 Å². The zero-order chi connectivity index (χ0) is 12.4. The van der Waals surface area contributed by atoms with E-state index in [4.69, 9.17) is 5.84 Å². The maximum Gasteiger partial charge on any atom is 0.261 e. The molecule has 0 radical (unpaired) electrons. The first-order valence-corrected chi connectivity index (χ1v) is 5.07. The van der Waals surface area contributed by atoms with Gasteiger partial charge >= 0.3 is 0 Å². The van der Waals surface area contributed by atoms with E-state index in [-0.39, 0.29) is 24.9 Å². The molecule has 0 spiro atoms. The topological polar surface area (TPSA) is 83.7 Å². The fourth-order valence-corrected chi connectivity index (χ4v) is 1.71. The molecule has 1 heterocycles. The maximum atomic E-state index is 11.9. The van der Waals surface area contributed by atoms with Crippen molar-refractivity contribution >= 4 is 18.2 Å². The van der Waals surface area contributed by atoms with Crippen LogP contribution in [0.4, 0.5) is 0 Å². The van der Waals surface area contributed by atoms with Crippen molar-refractivity contribution in [3.63, 3.8) is 0 Å². The molecule has 0 bridgehead atoms. The van der Waals surface area contributed by atoms with Crippen LogP contribution in [0.3, 0.4) is 0 Å². The molecule has 2 N–H and O–H groups in total.